The number of hydrogen-bond acceptors (Lipinski definition) is 8. The molecule has 17 heavy (non-hydrogen) atoms. The molecule has 0 radical (unpaired) electrons. The van der Waals surface area contributed by atoms with Crippen LogP contribution in [0.4, 0.5) is 5.13 Å². The predicted octanol–water partition coefficient (Wildman–Crippen LogP) is -0.299. The Balaban J connectivity index is 2.68. The van der Waals surface area contributed by atoms with Gasteiger partial charge in [-0.05, 0) is 0 Å². The number of ether oxygens (including phenoxy) is 1. The zero-order chi connectivity index (χ0) is 12.8. The molecule has 0 aliphatic carbocycles. The molecule has 0 fully saturated rings. The predicted molar refractivity (Wildman–Crippen MR) is 68.1 cm³/mol. The molecule has 0 spiro atoms. The van der Waals surface area contributed by atoms with Crippen LogP contribution >= 0.6 is 23.1 Å². The summed E-state index contributed by atoms with van der Waals surface area (Å²) in [4.78, 5) is 13.3. The molecule has 96 valence electrons. The lowest BCUT2D eigenvalue weighted by Crippen LogP contribution is -2.39. The molecule has 3 N–H and O–H groups in total. The van der Waals surface area contributed by atoms with Crippen LogP contribution in [0.25, 0.3) is 0 Å². The molecule has 0 aliphatic rings. The second-order valence-electron chi connectivity index (χ2n) is 3.32. The van der Waals surface area contributed by atoms with Gasteiger partial charge in [0.25, 0.3) is 0 Å². The molecule has 1 amide bonds. The van der Waals surface area contributed by atoms with Crippen LogP contribution in [-0.4, -0.2) is 49.2 Å². The zero-order valence-corrected chi connectivity index (χ0v) is 11.5. The highest BCUT2D eigenvalue weighted by Crippen LogP contribution is 2.30. The van der Waals surface area contributed by atoms with Gasteiger partial charge in [-0.25, -0.2) is 5.84 Å². The van der Waals surface area contributed by atoms with E-state index in [1.54, 1.807) is 0 Å². The lowest BCUT2D eigenvalue weighted by Gasteiger charge is -2.11. The Bertz CT molecular complexity index is 371. The summed E-state index contributed by atoms with van der Waals surface area (Å²) < 4.78 is 5.67. The minimum atomic E-state index is -0.423. The second-order valence-corrected chi connectivity index (χ2v) is 5.72. The third-order valence-corrected chi connectivity index (χ3v) is 4.12. The average molecular weight is 277 g/mol. The molecular weight excluding hydrogens is 262 g/mol. The molecule has 1 unspecified atom stereocenters. The van der Waals surface area contributed by atoms with E-state index in [0.717, 1.165) is 5.13 Å². The average Bonchev–Trinajstić information content (AvgIpc) is 2.76. The Morgan fingerprint density at radius 3 is 2.82 bits per heavy atom. The van der Waals surface area contributed by atoms with Crippen molar-refractivity contribution in [1.29, 1.82) is 0 Å². The molecule has 0 saturated heterocycles. The standard InChI is InChI=1S/C8H15N5O2S2/c1-13(2)7-11-12-8(17-7)16-5(4-15-3)6(14)10-9/h5H,4,9H2,1-3H3,(H,10,14). The monoisotopic (exact) mass is 277 g/mol. The number of hydrazine groups is 1. The van der Waals surface area contributed by atoms with E-state index in [0.29, 0.717) is 4.34 Å². The molecule has 7 nitrogen and oxygen atoms in total. The Hall–Kier alpha value is -0.900. The highest BCUT2D eigenvalue weighted by atomic mass is 32.2. The van der Waals surface area contributed by atoms with Gasteiger partial charge in [-0.15, -0.1) is 10.2 Å². The van der Waals surface area contributed by atoms with Crippen molar-refractivity contribution < 1.29 is 9.53 Å². The quantitative estimate of drug-likeness (QED) is 0.319. The van der Waals surface area contributed by atoms with Crippen molar-refractivity contribution in [2.24, 2.45) is 5.84 Å². The van der Waals surface area contributed by atoms with Crippen LogP contribution in [0, 0.1) is 0 Å². The van der Waals surface area contributed by atoms with Gasteiger partial charge in [0, 0.05) is 21.2 Å². The normalized spacial score (nSPS) is 12.2. The smallest absolute Gasteiger partial charge is 0.249 e. The van der Waals surface area contributed by atoms with E-state index in [2.05, 4.69) is 15.6 Å². The fraction of sp³-hybridized carbons (Fsp3) is 0.625. The summed E-state index contributed by atoms with van der Waals surface area (Å²) in [5.41, 5.74) is 2.11. The van der Waals surface area contributed by atoms with E-state index in [1.165, 1.54) is 30.2 Å². The summed E-state index contributed by atoms with van der Waals surface area (Å²) >= 11 is 2.70. The number of carbonyl (C=O) groups is 1. The lowest BCUT2D eigenvalue weighted by molar-refractivity contribution is -0.121. The third-order valence-electron chi connectivity index (χ3n) is 1.77. The number of nitrogens with zero attached hydrogens (tertiary/aromatic N) is 3. The van der Waals surface area contributed by atoms with E-state index in [4.69, 9.17) is 10.6 Å². The SMILES string of the molecule is COCC(Sc1nnc(N(C)C)s1)C(=O)NN. The van der Waals surface area contributed by atoms with E-state index >= 15 is 0 Å². The fourth-order valence-corrected chi connectivity index (χ4v) is 2.94. The topological polar surface area (TPSA) is 93.4 Å². The largest absolute Gasteiger partial charge is 0.383 e. The first-order valence-corrected chi connectivity index (χ1v) is 6.45. The van der Waals surface area contributed by atoms with Crippen LogP contribution in [-0.2, 0) is 9.53 Å². The first-order chi connectivity index (χ1) is 8.08. The maximum Gasteiger partial charge on any atom is 0.249 e. The highest BCUT2D eigenvalue weighted by molar-refractivity contribution is 8.02. The number of amides is 1. The maximum atomic E-state index is 11.5. The number of methoxy groups -OCH3 is 1. The van der Waals surface area contributed by atoms with Crippen molar-refractivity contribution >= 4 is 34.1 Å². The first-order valence-electron chi connectivity index (χ1n) is 4.75. The summed E-state index contributed by atoms with van der Waals surface area (Å²) in [6.07, 6.45) is 0. The molecule has 0 aromatic carbocycles. The fourth-order valence-electron chi connectivity index (χ4n) is 0.960. The molecule has 1 rings (SSSR count). The van der Waals surface area contributed by atoms with Gasteiger partial charge in [0.15, 0.2) is 4.34 Å². The summed E-state index contributed by atoms with van der Waals surface area (Å²) in [6, 6.07) is 0. The summed E-state index contributed by atoms with van der Waals surface area (Å²) in [6.45, 7) is 0.268. The lowest BCUT2D eigenvalue weighted by atomic mass is 10.4. The van der Waals surface area contributed by atoms with Crippen LogP contribution in [0.3, 0.4) is 0 Å². The highest BCUT2D eigenvalue weighted by Gasteiger charge is 2.21. The van der Waals surface area contributed by atoms with E-state index in [9.17, 15) is 4.79 Å². The molecule has 1 heterocycles. The Morgan fingerprint density at radius 2 is 2.35 bits per heavy atom. The molecule has 1 aromatic heterocycles. The number of aromatic nitrogens is 2. The molecule has 0 aliphatic heterocycles. The second kappa shape index (κ2) is 6.74. The third kappa shape index (κ3) is 4.11. The van der Waals surface area contributed by atoms with Crippen LogP contribution in [0.1, 0.15) is 0 Å². The van der Waals surface area contributed by atoms with Crippen molar-refractivity contribution in [3.8, 4) is 0 Å². The van der Waals surface area contributed by atoms with Crippen LogP contribution in [0.15, 0.2) is 4.34 Å². The number of thioether (sulfide) groups is 1. The number of anilines is 1. The number of carbonyl (C=O) groups excluding carboxylic acids is 1. The van der Waals surface area contributed by atoms with Gasteiger partial charge >= 0.3 is 0 Å². The van der Waals surface area contributed by atoms with Crippen molar-refractivity contribution in [3.05, 3.63) is 0 Å². The number of hydrogen-bond donors (Lipinski definition) is 2. The summed E-state index contributed by atoms with van der Waals surface area (Å²) in [5, 5.41) is 8.34. The number of nitrogens with one attached hydrogen (secondary N) is 1. The number of rotatable bonds is 6. The Labute approximate surface area is 108 Å². The van der Waals surface area contributed by atoms with E-state index in [1.807, 2.05) is 19.0 Å². The van der Waals surface area contributed by atoms with Gasteiger partial charge in [-0.2, -0.15) is 0 Å². The van der Waals surface area contributed by atoms with Gasteiger partial charge in [-0.3, -0.25) is 10.2 Å². The van der Waals surface area contributed by atoms with Gasteiger partial charge in [0.1, 0.15) is 5.25 Å². The zero-order valence-electron chi connectivity index (χ0n) is 9.84. The molecular formula is C8H15N5O2S2. The minimum absolute atomic E-state index is 0.268. The van der Waals surface area contributed by atoms with Gasteiger partial charge < -0.3 is 9.64 Å². The van der Waals surface area contributed by atoms with Crippen LogP contribution in [0.5, 0.6) is 0 Å². The number of nitrogens with two attached hydrogens (primary N) is 1. The van der Waals surface area contributed by atoms with Crippen molar-refractivity contribution in [2.45, 2.75) is 9.59 Å². The van der Waals surface area contributed by atoms with Gasteiger partial charge in [0.2, 0.25) is 11.0 Å². The summed E-state index contributed by atoms with van der Waals surface area (Å²) in [5.74, 6) is 4.81. The Kier molecular flexibility index (Phi) is 5.62. The van der Waals surface area contributed by atoms with Crippen LogP contribution < -0.4 is 16.2 Å². The van der Waals surface area contributed by atoms with E-state index < -0.39 is 5.25 Å². The molecule has 0 saturated carbocycles. The van der Waals surface area contributed by atoms with Crippen molar-refractivity contribution in [2.75, 3.05) is 32.7 Å². The van der Waals surface area contributed by atoms with E-state index in [-0.39, 0.29) is 12.5 Å². The van der Waals surface area contributed by atoms with Crippen molar-refractivity contribution in [1.82, 2.24) is 15.6 Å². The van der Waals surface area contributed by atoms with Gasteiger partial charge in [-0.1, -0.05) is 23.1 Å². The summed E-state index contributed by atoms with van der Waals surface area (Å²) in [7, 11) is 5.30. The molecule has 1 aromatic rings. The minimum Gasteiger partial charge on any atom is -0.383 e. The Morgan fingerprint density at radius 1 is 1.65 bits per heavy atom. The van der Waals surface area contributed by atoms with Crippen LogP contribution in [0.2, 0.25) is 0 Å². The maximum absolute atomic E-state index is 11.5. The molecule has 0 bridgehead atoms. The van der Waals surface area contributed by atoms with Crippen molar-refractivity contribution in [3.63, 3.8) is 0 Å². The van der Waals surface area contributed by atoms with Gasteiger partial charge in [0.05, 0.1) is 6.61 Å². The molecule has 9 heteroatoms. The first kappa shape index (κ1) is 14.2. The molecule has 1 atom stereocenters.